The Balaban J connectivity index is 1.35. The summed E-state index contributed by atoms with van der Waals surface area (Å²) in [5.41, 5.74) is 1.67. The number of hydrogen-bond donors (Lipinski definition) is 1. The number of aromatic hydroxyl groups is 1. The SMILES string of the molecule is CC(=O)c1ccc(OON2CCC(c3noc4cc(F)ccc34)CC2)c(O)c1. The van der Waals surface area contributed by atoms with Crippen LogP contribution in [0.2, 0.25) is 0 Å². The lowest BCUT2D eigenvalue weighted by Crippen LogP contribution is -2.34. The summed E-state index contributed by atoms with van der Waals surface area (Å²) < 4.78 is 18.5. The number of benzene rings is 2. The van der Waals surface area contributed by atoms with Gasteiger partial charge in [0, 0.05) is 36.0 Å². The van der Waals surface area contributed by atoms with Crippen molar-refractivity contribution in [3.63, 3.8) is 0 Å². The van der Waals surface area contributed by atoms with Crippen LogP contribution in [0.5, 0.6) is 11.5 Å². The topological polar surface area (TPSA) is 85.0 Å². The molecule has 4 rings (SSSR count). The van der Waals surface area contributed by atoms with E-state index < -0.39 is 0 Å². The van der Waals surface area contributed by atoms with Crippen LogP contribution in [0.25, 0.3) is 11.0 Å². The summed E-state index contributed by atoms with van der Waals surface area (Å²) in [6, 6.07) is 8.81. The lowest BCUT2D eigenvalue weighted by Gasteiger charge is -2.28. The lowest BCUT2D eigenvalue weighted by molar-refractivity contribution is -0.372. The molecule has 8 heteroatoms. The van der Waals surface area contributed by atoms with Crippen molar-refractivity contribution < 1.29 is 28.7 Å². The summed E-state index contributed by atoms with van der Waals surface area (Å²) >= 11 is 0. The van der Waals surface area contributed by atoms with Crippen molar-refractivity contribution in [2.24, 2.45) is 0 Å². The standard InChI is InChI=1S/C20H19FN2O5/c1-12(24)14-2-5-18(17(25)10-14)27-28-23-8-6-13(7-9-23)20-16-4-3-15(21)11-19(16)26-22-20/h2-5,10-11,13,25H,6-9H2,1H3. The van der Waals surface area contributed by atoms with Gasteiger partial charge in [0.25, 0.3) is 0 Å². The Kier molecular flexibility index (Phi) is 4.97. The van der Waals surface area contributed by atoms with Crippen molar-refractivity contribution in [2.75, 3.05) is 13.1 Å². The number of phenolic OH excluding ortho intramolecular Hbond substituents is 1. The number of fused-ring (bicyclic) bond motifs is 1. The summed E-state index contributed by atoms with van der Waals surface area (Å²) in [6.45, 7) is 2.60. The van der Waals surface area contributed by atoms with E-state index in [0.717, 1.165) is 23.9 Å². The highest BCUT2D eigenvalue weighted by atomic mass is 19.1. The molecule has 0 unspecified atom stereocenters. The number of ketones is 1. The van der Waals surface area contributed by atoms with Gasteiger partial charge in [-0.15, -0.1) is 5.06 Å². The smallest absolute Gasteiger partial charge is 0.209 e. The minimum absolute atomic E-state index is 0.136. The van der Waals surface area contributed by atoms with Gasteiger partial charge >= 0.3 is 0 Å². The Labute approximate surface area is 160 Å². The Hall–Kier alpha value is -2.97. The molecule has 1 saturated heterocycles. The molecule has 1 N–H and O–H groups in total. The third-order valence-electron chi connectivity index (χ3n) is 4.90. The van der Waals surface area contributed by atoms with Crippen molar-refractivity contribution in [1.82, 2.24) is 10.2 Å². The molecule has 1 aliphatic heterocycles. The molecule has 0 amide bonds. The first-order valence-electron chi connectivity index (χ1n) is 8.99. The highest BCUT2D eigenvalue weighted by molar-refractivity contribution is 5.94. The Morgan fingerprint density at radius 3 is 2.75 bits per heavy atom. The molecule has 3 aromatic rings. The summed E-state index contributed by atoms with van der Waals surface area (Å²) in [4.78, 5) is 21.8. The van der Waals surface area contributed by atoms with Crippen molar-refractivity contribution in [1.29, 1.82) is 0 Å². The van der Waals surface area contributed by atoms with Crippen LogP contribution in [0.4, 0.5) is 4.39 Å². The van der Waals surface area contributed by atoms with E-state index in [0.29, 0.717) is 24.2 Å². The molecule has 0 atom stereocenters. The van der Waals surface area contributed by atoms with E-state index in [-0.39, 0.29) is 29.0 Å². The Bertz CT molecular complexity index is 1010. The van der Waals surface area contributed by atoms with E-state index >= 15 is 0 Å². The maximum absolute atomic E-state index is 13.3. The first-order valence-corrected chi connectivity index (χ1v) is 8.99. The molecular weight excluding hydrogens is 367 g/mol. The third-order valence-corrected chi connectivity index (χ3v) is 4.90. The minimum Gasteiger partial charge on any atom is -0.504 e. The van der Waals surface area contributed by atoms with Gasteiger partial charge < -0.3 is 14.5 Å². The molecule has 0 aliphatic carbocycles. The normalized spacial score (nSPS) is 15.8. The van der Waals surface area contributed by atoms with E-state index in [1.165, 1.54) is 31.2 Å². The molecule has 28 heavy (non-hydrogen) atoms. The first-order chi connectivity index (χ1) is 13.5. The predicted octanol–water partition coefficient (Wildman–Crippen LogP) is 3.98. The quantitative estimate of drug-likeness (QED) is 0.403. The van der Waals surface area contributed by atoms with Gasteiger partial charge in [0.15, 0.2) is 17.1 Å². The van der Waals surface area contributed by atoms with Crippen LogP contribution in [0.15, 0.2) is 40.9 Å². The average molecular weight is 386 g/mol. The number of hydrogen-bond acceptors (Lipinski definition) is 7. The highest BCUT2D eigenvalue weighted by Crippen LogP contribution is 2.33. The van der Waals surface area contributed by atoms with Gasteiger partial charge in [-0.1, -0.05) is 10.1 Å². The van der Waals surface area contributed by atoms with Crippen LogP contribution in [0.1, 0.15) is 41.7 Å². The second-order valence-corrected chi connectivity index (χ2v) is 6.81. The van der Waals surface area contributed by atoms with Gasteiger partial charge in [-0.3, -0.25) is 4.79 Å². The second kappa shape index (κ2) is 7.57. The molecule has 1 aliphatic rings. The van der Waals surface area contributed by atoms with Crippen LogP contribution in [-0.4, -0.2) is 34.2 Å². The molecule has 2 heterocycles. The van der Waals surface area contributed by atoms with E-state index in [4.69, 9.17) is 14.4 Å². The van der Waals surface area contributed by atoms with Crippen LogP contribution in [-0.2, 0) is 4.99 Å². The van der Waals surface area contributed by atoms with Crippen LogP contribution < -0.4 is 4.89 Å². The number of carbonyl (C=O) groups is 1. The number of piperidine rings is 1. The van der Waals surface area contributed by atoms with Crippen LogP contribution in [0.3, 0.4) is 0 Å². The van der Waals surface area contributed by atoms with Crippen molar-refractivity contribution in [2.45, 2.75) is 25.7 Å². The Morgan fingerprint density at radius 2 is 2.04 bits per heavy atom. The van der Waals surface area contributed by atoms with Crippen LogP contribution in [0, 0.1) is 5.82 Å². The van der Waals surface area contributed by atoms with Gasteiger partial charge in [-0.25, -0.2) is 4.39 Å². The molecule has 0 spiro atoms. The largest absolute Gasteiger partial charge is 0.504 e. The fourth-order valence-electron chi connectivity index (χ4n) is 3.33. The number of halogens is 1. The number of carbonyl (C=O) groups excluding carboxylic acids is 1. The monoisotopic (exact) mass is 386 g/mol. The highest BCUT2D eigenvalue weighted by Gasteiger charge is 2.26. The zero-order valence-corrected chi connectivity index (χ0v) is 15.2. The van der Waals surface area contributed by atoms with Crippen molar-refractivity contribution in [3.8, 4) is 11.5 Å². The van der Waals surface area contributed by atoms with E-state index in [1.54, 1.807) is 17.2 Å². The van der Waals surface area contributed by atoms with E-state index in [2.05, 4.69) is 5.16 Å². The Morgan fingerprint density at radius 1 is 1.25 bits per heavy atom. The van der Waals surface area contributed by atoms with Gasteiger partial charge in [-0.2, -0.15) is 0 Å². The second-order valence-electron chi connectivity index (χ2n) is 6.81. The van der Waals surface area contributed by atoms with Gasteiger partial charge in [0.05, 0.1) is 5.69 Å². The molecule has 1 fully saturated rings. The van der Waals surface area contributed by atoms with Gasteiger partial charge in [-0.05, 0) is 50.1 Å². The lowest BCUT2D eigenvalue weighted by atomic mass is 9.92. The summed E-state index contributed by atoms with van der Waals surface area (Å²) in [5, 5.41) is 16.5. The maximum Gasteiger partial charge on any atom is 0.209 e. The number of hydroxylamine groups is 2. The fourth-order valence-corrected chi connectivity index (χ4v) is 3.33. The molecule has 0 saturated carbocycles. The summed E-state index contributed by atoms with van der Waals surface area (Å²) in [7, 11) is 0. The molecular formula is C20H19FN2O5. The molecule has 1 aromatic heterocycles. The predicted molar refractivity (Wildman–Crippen MR) is 97.3 cm³/mol. The molecule has 2 aromatic carbocycles. The average Bonchev–Trinajstić information content (AvgIpc) is 3.10. The van der Waals surface area contributed by atoms with Crippen molar-refractivity contribution >= 4 is 16.8 Å². The number of phenols is 1. The zero-order chi connectivity index (χ0) is 19.7. The maximum atomic E-state index is 13.3. The van der Waals surface area contributed by atoms with Crippen LogP contribution >= 0.6 is 0 Å². The van der Waals surface area contributed by atoms with Gasteiger partial charge in [0.1, 0.15) is 5.82 Å². The fraction of sp³-hybridized carbons (Fsp3) is 0.300. The van der Waals surface area contributed by atoms with Gasteiger partial charge in [0.2, 0.25) is 5.75 Å². The molecule has 0 radical (unpaired) electrons. The van der Waals surface area contributed by atoms with Crippen molar-refractivity contribution in [3.05, 3.63) is 53.5 Å². The first kappa shape index (κ1) is 18.4. The third kappa shape index (κ3) is 3.69. The zero-order valence-electron chi connectivity index (χ0n) is 15.2. The molecule has 7 nitrogen and oxygen atoms in total. The minimum atomic E-state index is -0.352. The number of aromatic nitrogens is 1. The summed E-state index contributed by atoms with van der Waals surface area (Å²) in [5.74, 6) is -0.349. The number of nitrogens with zero attached hydrogens (tertiary/aromatic N) is 2. The van der Waals surface area contributed by atoms with E-state index in [1.807, 2.05) is 0 Å². The summed E-state index contributed by atoms with van der Waals surface area (Å²) in [6.07, 6.45) is 1.52. The number of Topliss-reactive ketones (excluding diaryl/α,β-unsaturated/α-hetero) is 1. The van der Waals surface area contributed by atoms with E-state index in [9.17, 15) is 14.3 Å². The molecule has 0 bridgehead atoms. The molecule has 146 valence electrons. The number of rotatable bonds is 5.